The molecule has 10 atom stereocenters. The normalized spacial score (nSPS) is 49.1. The van der Waals surface area contributed by atoms with Crippen LogP contribution in [0.15, 0.2) is 0 Å². The third kappa shape index (κ3) is 3.59. The van der Waals surface area contributed by atoms with E-state index in [0.717, 1.165) is 37.5 Å². The lowest BCUT2D eigenvalue weighted by molar-refractivity contribution is -0.167. The van der Waals surface area contributed by atoms with Crippen molar-refractivity contribution in [2.24, 2.45) is 46.3 Å². The summed E-state index contributed by atoms with van der Waals surface area (Å²) in [6.45, 7) is 11.3. The van der Waals surface area contributed by atoms with Gasteiger partial charge < -0.3 is 15.3 Å². The fourth-order valence-corrected chi connectivity index (χ4v) is 9.21. The predicted molar refractivity (Wildman–Crippen MR) is 122 cm³/mol. The first-order valence-electron chi connectivity index (χ1n) is 13.1. The van der Waals surface area contributed by atoms with Gasteiger partial charge >= 0.3 is 0 Å². The zero-order chi connectivity index (χ0) is 21.9. The molecular formula is C27H48O3. The van der Waals surface area contributed by atoms with Crippen LogP contribution in [0.2, 0.25) is 0 Å². The molecule has 174 valence electrons. The molecule has 3 nitrogen and oxygen atoms in total. The average molecular weight is 421 g/mol. The van der Waals surface area contributed by atoms with E-state index in [0.29, 0.717) is 29.6 Å². The fourth-order valence-electron chi connectivity index (χ4n) is 9.21. The molecule has 0 amide bonds. The molecule has 4 rings (SSSR count). The highest BCUT2D eigenvalue weighted by molar-refractivity contribution is 5.12. The molecule has 0 unspecified atom stereocenters. The summed E-state index contributed by atoms with van der Waals surface area (Å²) < 4.78 is 0. The van der Waals surface area contributed by atoms with Gasteiger partial charge in [-0.05, 0) is 124 Å². The lowest BCUT2D eigenvalue weighted by Crippen LogP contribution is -2.57. The third-order valence-corrected chi connectivity index (χ3v) is 11.0. The van der Waals surface area contributed by atoms with Crippen LogP contribution in [0, 0.1) is 46.3 Å². The van der Waals surface area contributed by atoms with Gasteiger partial charge in [0.2, 0.25) is 0 Å². The molecule has 0 spiro atoms. The van der Waals surface area contributed by atoms with Crippen molar-refractivity contribution >= 4 is 0 Å². The van der Waals surface area contributed by atoms with Crippen molar-refractivity contribution in [1.29, 1.82) is 0 Å². The van der Waals surface area contributed by atoms with Crippen molar-refractivity contribution in [3.63, 3.8) is 0 Å². The Morgan fingerprint density at radius 1 is 0.900 bits per heavy atom. The van der Waals surface area contributed by atoms with Gasteiger partial charge in [0, 0.05) is 0 Å². The predicted octanol–water partition coefficient (Wildman–Crippen LogP) is 5.55. The minimum absolute atomic E-state index is 0.0771. The lowest BCUT2D eigenvalue weighted by atomic mass is 9.44. The van der Waals surface area contributed by atoms with Gasteiger partial charge in [-0.1, -0.05) is 27.7 Å². The summed E-state index contributed by atoms with van der Waals surface area (Å²) in [5.74, 6) is 3.71. The Labute approximate surface area is 185 Å². The largest absolute Gasteiger partial charge is 0.393 e. The standard InChI is InChI=1S/C27H48O3/c1-17(2)6-11-24(29)27(5,30)23-10-9-21-20-8-7-18-16-19(28)12-14-25(18,3)22(20)13-15-26(21,23)4/h17-24,28-30H,6-16H2,1-5H3/t18-,19-,20-,21-,22-,23-,24-,25-,26-,27-/m0/s1. The molecule has 0 heterocycles. The van der Waals surface area contributed by atoms with Gasteiger partial charge in [-0.2, -0.15) is 0 Å². The summed E-state index contributed by atoms with van der Waals surface area (Å²) in [5, 5.41) is 32.8. The van der Waals surface area contributed by atoms with E-state index in [4.69, 9.17) is 0 Å². The molecule has 4 saturated carbocycles. The average Bonchev–Trinajstić information content (AvgIpc) is 3.04. The Balaban J connectivity index is 1.53. The van der Waals surface area contributed by atoms with Crippen molar-refractivity contribution in [2.75, 3.05) is 0 Å². The quantitative estimate of drug-likeness (QED) is 0.546. The van der Waals surface area contributed by atoms with Crippen molar-refractivity contribution in [3.8, 4) is 0 Å². The first-order valence-corrected chi connectivity index (χ1v) is 13.1. The zero-order valence-electron chi connectivity index (χ0n) is 20.2. The van der Waals surface area contributed by atoms with E-state index in [1.54, 1.807) is 0 Å². The summed E-state index contributed by atoms with van der Waals surface area (Å²) in [5.41, 5.74) is -0.428. The second-order valence-corrected chi connectivity index (χ2v) is 13.0. The summed E-state index contributed by atoms with van der Waals surface area (Å²) in [7, 11) is 0. The summed E-state index contributed by atoms with van der Waals surface area (Å²) >= 11 is 0. The molecule has 0 aromatic rings. The molecular weight excluding hydrogens is 372 g/mol. The number of rotatable bonds is 5. The first kappa shape index (κ1) is 23.1. The molecule has 4 aliphatic carbocycles. The summed E-state index contributed by atoms with van der Waals surface area (Å²) in [6, 6.07) is 0. The maximum Gasteiger partial charge on any atom is 0.0910 e. The molecule has 0 saturated heterocycles. The minimum Gasteiger partial charge on any atom is -0.393 e. The summed E-state index contributed by atoms with van der Waals surface area (Å²) in [6.07, 6.45) is 11.5. The van der Waals surface area contributed by atoms with Crippen LogP contribution in [0.4, 0.5) is 0 Å². The zero-order valence-corrected chi connectivity index (χ0v) is 20.2. The number of fused-ring (bicyclic) bond motifs is 5. The van der Waals surface area contributed by atoms with Crippen LogP contribution >= 0.6 is 0 Å². The fraction of sp³-hybridized carbons (Fsp3) is 1.00. The van der Waals surface area contributed by atoms with Crippen molar-refractivity contribution in [1.82, 2.24) is 0 Å². The maximum absolute atomic E-state index is 11.6. The Bertz CT molecular complexity index is 615. The number of aliphatic hydroxyl groups excluding tert-OH is 2. The van der Waals surface area contributed by atoms with Crippen LogP contribution in [-0.4, -0.2) is 33.1 Å². The summed E-state index contributed by atoms with van der Waals surface area (Å²) in [4.78, 5) is 0. The Hall–Kier alpha value is -0.120. The van der Waals surface area contributed by atoms with Gasteiger partial charge in [0.05, 0.1) is 17.8 Å². The molecule has 0 aromatic heterocycles. The number of hydrogen-bond acceptors (Lipinski definition) is 3. The van der Waals surface area contributed by atoms with Crippen molar-refractivity contribution in [3.05, 3.63) is 0 Å². The van der Waals surface area contributed by atoms with Crippen LogP contribution in [-0.2, 0) is 0 Å². The van der Waals surface area contributed by atoms with Crippen LogP contribution in [0.25, 0.3) is 0 Å². The Morgan fingerprint density at radius 2 is 1.57 bits per heavy atom. The molecule has 3 heteroatoms. The van der Waals surface area contributed by atoms with Crippen molar-refractivity contribution in [2.45, 2.75) is 123 Å². The first-order chi connectivity index (χ1) is 14.0. The van der Waals surface area contributed by atoms with E-state index in [9.17, 15) is 15.3 Å². The maximum atomic E-state index is 11.6. The molecule has 4 aliphatic rings. The lowest BCUT2D eigenvalue weighted by Gasteiger charge is -2.61. The van der Waals surface area contributed by atoms with Crippen LogP contribution in [0.1, 0.15) is 105 Å². The Morgan fingerprint density at radius 3 is 2.27 bits per heavy atom. The topological polar surface area (TPSA) is 60.7 Å². The monoisotopic (exact) mass is 420 g/mol. The van der Waals surface area contributed by atoms with Gasteiger partial charge in [0.1, 0.15) is 0 Å². The van der Waals surface area contributed by atoms with Gasteiger partial charge in [0.25, 0.3) is 0 Å². The molecule has 0 bridgehead atoms. The molecule has 4 fully saturated rings. The van der Waals surface area contributed by atoms with Gasteiger partial charge in [-0.15, -0.1) is 0 Å². The molecule has 30 heavy (non-hydrogen) atoms. The second kappa shape index (κ2) is 8.03. The molecule has 0 aliphatic heterocycles. The molecule has 0 aromatic carbocycles. The van der Waals surface area contributed by atoms with E-state index in [1.165, 1.54) is 38.5 Å². The smallest absolute Gasteiger partial charge is 0.0910 e. The van der Waals surface area contributed by atoms with Crippen LogP contribution in [0.5, 0.6) is 0 Å². The third-order valence-electron chi connectivity index (χ3n) is 11.0. The van der Waals surface area contributed by atoms with E-state index >= 15 is 0 Å². The molecule has 3 N–H and O–H groups in total. The second-order valence-electron chi connectivity index (χ2n) is 13.0. The number of hydrogen-bond donors (Lipinski definition) is 3. The minimum atomic E-state index is -0.985. The van der Waals surface area contributed by atoms with Gasteiger partial charge in [0.15, 0.2) is 0 Å². The molecule has 0 radical (unpaired) electrons. The SMILES string of the molecule is CC(C)CC[C@H](O)[C@@](C)(O)[C@H]1CC[C@H]2[C@@H]3CC[C@H]4C[C@@H](O)CC[C@]4(C)[C@H]3CC[C@]12C. The van der Waals surface area contributed by atoms with Crippen molar-refractivity contribution < 1.29 is 15.3 Å². The van der Waals surface area contributed by atoms with E-state index in [1.807, 2.05) is 6.92 Å². The van der Waals surface area contributed by atoms with E-state index in [-0.39, 0.29) is 17.4 Å². The van der Waals surface area contributed by atoms with Gasteiger partial charge in [-0.25, -0.2) is 0 Å². The highest BCUT2D eigenvalue weighted by Crippen LogP contribution is 2.68. The van der Waals surface area contributed by atoms with Crippen LogP contribution < -0.4 is 0 Å². The highest BCUT2D eigenvalue weighted by Gasteiger charge is 2.63. The van der Waals surface area contributed by atoms with Crippen LogP contribution in [0.3, 0.4) is 0 Å². The Kier molecular flexibility index (Phi) is 6.17. The number of aliphatic hydroxyl groups is 3. The van der Waals surface area contributed by atoms with E-state index in [2.05, 4.69) is 27.7 Å². The van der Waals surface area contributed by atoms with Gasteiger partial charge in [-0.3, -0.25) is 0 Å². The highest BCUT2D eigenvalue weighted by atomic mass is 16.3. The van der Waals surface area contributed by atoms with E-state index < -0.39 is 11.7 Å².